The lowest BCUT2D eigenvalue weighted by Crippen LogP contribution is -2.41. The Balaban J connectivity index is 1.96. The van der Waals surface area contributed by atoms with Crippen molar-refractivity contribution in [1.82, 2.24) is 9.80 Å². The average molecular weight is 196 g/mol. The number of hydrogen-bond donors (Lipinski definition) is 0. The normalized spacial score (nSPS) is 25.6. The molecule has 1 saturated heterocycles. The van der Waals surface area contributed by atoms with Crippen LogP contribution < -0.4 is 0 Å². The Labute approximate surface area is 86.1 Å². The third kappa shape index (κ3) is 2.08. The van der Waals surface area contributed by atoms with Crippen LogP contribution in [0.5, 0.6) is 0 Å². The zero-order chi connectivity index (χ0) is 10.1. The molecular formula is C11H20N2O. The lowest BCUT2D eigenvalue weighted by molar-refractivity contribution is -0.132. The molecule has 1 saturated carbocycles. The number of nitrogens with zero attached hydrogens (tertiary/aromatic N) is 2. The molecule has 3 nitrogen and oxygen atoms in total. The average Bonchev–Trinajstić information content (AvgIpc) is 2.88. The van der Waals surface area contributed by atoms with Crippen molar-refractivity contribution >= 4 is 5.91 Å². The van der Waals surface area contributed by atoms with Gasteiger partial charge in [-0.25, -0.2) is 0 Å². The molecule has 0 spiro atoms. The fourth-order valence-corrected chi connectivity index (χ4v) is 2.21. The molecule has 1 heterocycles. The predicted molar refractivity (Wildman–Crippen MR) is 56.1 cm³/mol. The van der Waals surface area contributed by atoms with E-state index in [4.69, 9.17) is 0 Å². The monoisotopic (exact) mass is 196 g/mol. The van der Waals surface area contributed by atoms with Gasteiger partial charge in [-0.15, -0.1) is 0 Å². The van der Waals surface area contributed by atoms with Crippen LogP contribution >= 0.6 is 0 Å². The smallest absolute Gasteiger partial charge is 0.236 e. The SMILES string of the molecule is CC(C)N1CCCN(C2CC2)CC1=O. The van der Waals surface area contributed by atoms with E-state index in [1.807, 2.05) is 4.90 Å². The molecule has 0 aromatic carbocycles. The molecule has 0 N–H and O–H groups in total. The third-order valence-corrected chi connectivity index (χ3v) is 3.19. The minimum atomic E-state index is 0.324. The van der Waals surface area contributed by atoms with Crippen LogP contribution in [0.25, 0.3) is 0 Å². The fourth-order valence-electron chi connectivity index (χ4n) is 2.21. The summed E-state index contributed by atoms with van der Waals surface area (Å²) >= 11 is 0. The van der Waals surface area contributed by atoms with E-state index in [2.05, 4.69) is 18.7 Å². The maximum atomic E-state index is 11.9. The zero-order valence-electron chi connectivity index (χ0n) is 9.20. The van der Waals surface area contributed by atoms with Gasteiger partial charge in [0.25, 0.3) is 0 Å². The lowest BCUT2D eigenvalue weighted by Gasteiger charge is -2.25. The Morgan fingerprint density at radius 3 is 2.57 bits per heavy atom. The lowest BCUT2D eigenvalue weighted by atomic mass is 10.3. The molecule has 1 aliphatic heterocycles. The van der Waals surface area contributed by atoms with Crippen LogP contribution in [0.3, 0.4) is 0 Å². The molecule has 3 heteroatoms. The summed E-state index contributed by atoms with van der Waals surface area (Å²) in [6.45, 7) is 6.91. The maximum absolute atomic E-state index is 11.9. The van der Waals surface area contributed by atoms with E-state index in [0.29, 0.717) is 18.5 Å². The van der Waals surface area contributed by atoms with Gasteiger partial charge in [0.15, 0.2) is 0 Å². The van der Waals surface area contributed by atoms with E-state index in [9.17, 15) is 4.79 Å². The summed E-state index contributed by atoms with van der Waals surface area (Å²) in [5.74, 6) is 0.324. The van der Waals surface area contributed by atoms with E-state index in [0.717, 1.165) is 25.6 Å². The highest BCUT2D eigenvalue weighted by atomic mass is 16.2. The van der Waals surface area contributed by atoms with Crippen LogP contribution in [0.2, 0.25) is 0 Å². The Morgan fingerprint density at radius 2 is 2.00 bits per heavy atom. The van der Waals surface area contributed by atoms with Crippen molar-refractivity contribution in [3.63, 3.8) is 0 Å². The topological polar surface area (TPSA) is 23.6 Å². The van der Waals surface area contributed by atoms with Crippen LogP contribution in [0.1, 0.15) is 33.1 Å². The standard InChI is InChI=1S/C11H20N2O/c1-9(2)13-7-3-6-12(8-11(13)14)10-4-5-10/h9-10H,3-8H2,1-2H3. The predicted octanol–water partition coefficient (Wildman–Crippen LogP) is 1.09. The van der Waals surface area contributed by atoms with Crippen LogP contribution in [0.4, 0.5) is 0 Å². The highest BCUT2D eigenvalue weighted by Crippen LogP contribution is 2.27. The van der Waals surface area contributed by atoms with E-state index >= 15 is 0 Å². The Bertz CT molecular complexity index is 223. The molecule has 2 rings (SSSR count). The molecule has 80 valence electrons. The molecule has 14 heavy (non-hydrogen) atoms. The molecule has 0 aromatic heterocycles. The summed E-state index contributed by atoms with van der Waals surface area (Å²) in [6.07, 6.45) is 3.74. The summed E-state index contributed by atoms with van der Waals surface area (Å²) in [7, 11) is 0. The van der Waals surface area contributed by atoms with E-state index in [-0.39, 0.29) is 0 Å². The van der Waals surface area contributed by atoms with Crippen molar-refractivity contribution in [3.8, 4) is 0 Å². The van der Waals surface area contributed by atoms with Crippen LogP contribution in [0.15, 0.2) is 0 Å². The first kappa shape index (κ1) is 9.97. The van der Waals surface area contributed by atoms with Gasteiger partial charge in [0.05, 0.1) is 6.54 Å². The zero-order valence-corrected chi connectivity index (χ0v) is 9.20. The largest absolute Gasteiger partial charge is 0.339 e. The third-order valence-electron chi connectivity index (χ3n) is 3.19. The second kappa shape index (κ2) is 3.89. The Kier molecular flexibility index (Phi) is 2.77. The van der Waals surface area contributed by atoms with Gasteiger partial charge in [0, 0.05) is 25.2 Å². The summed E-state index contributed by atoms with van der Waals surface area (Å²) in [5.41, 5.74) is 0. The highest BCUT2D eigenvalue weighted by Gasteiger charge is 2.33. The molecule has 0 unspecified atom stereocenters. The van der Waals surface area contributed by atoms with Crippen LogP contribution in [-0.4, -0.2) is 47.4 Å². The highest BCUT2D eigenvalue weighted by molar-refractivity contribution is 5.78. The van der Waals surface area contributed by atoms with Gasteiger partial charge >= 0.3 is 0 Å². The molecular weight excluding hydrogens is 176 g/mol. The molecule has 0 atom stereocenters. The van der Waals surface area contributed by atoms with Crippen molar-refractivity contribution in [2.75, 3.05) is 19.6 Å². The second-order valence-electron chi connectivity index (χ2n) is 4.74. The van der Waals surface area contributed by atoms with E-state index in [1.165, 1.54) is 12.8 Å². The van der Waals surface area contributed by atoms with Gasteiger partial charge in [-0.05, 0) is 33.1 Å². The number of carbonyl (C=O) groups is 1. The number of carbonyl (C=O) groups excluding carboxylic acids is 1. The van der Waals surface area contributed by atoms with Crippen LogP contribution in [0, 0.1) is 0 Å². The Morgan fingerprint density at radius 1 is 1.29 bits per heavy atom. The first-order valence-electron chi connectivity index (χ1n) is 5.72. The van der Waals surface area contributed by atoms with E-state index in [1.54, 1.807) is 0 Å². The summed E-state index contributed by atoms with van der Waals surface area (Å²) in [5, 5.41) is 0. The van der Waals surface area contributed by atoms with Gasteiger partial charge < -0.3 is 4.90 Å². The molecule has 1 amide bonds. The molecule has 0 radical (unpaired) electrons. The first-order chi connectivity index (χ1) is 6.68. The van der Waals surface area contributed by atoms with Gasteiger partial charge in [-0.2, -0.15) is 0 Å². The second-order valence-corrected chi connectivity index (χ2v) is 4.74. The van der Waals surface area contributed by atoms with Crippen molar-refractivity contribution in [3.05, 3.63) is 0 Å². The molecule has 0 aromatic rings. The number of hydrogen-bond acceptors (Lipinski definition) is 2. The van der Waals surface area contributed by atoms with Gasteiger partial charge in [0.2, 0.25) is 5.91 Å². The summed E-state index contributed by atoms with van der Waals surface area (Å²) < 4.78 is 0. The summed E-state index contributed by atoms with van der Waals surface area (Å²) in [4.78, 5) is 16.3. The van der Waals surface area contributed by atoms with Crippen LogP contribution in [-0.2, 0) is 4.79 Å². The molecule has 0 bridgehead atoms. The minimum absolute atomic E-state index is 0.324. The molecule has 2 aliphatic rings. The number of rotatable bonds is 2. The molecule has 1 aliphatic carbocycles. The van der Waals surface area contributed by atoms with Gasteiger partial charge in [0.1, 0.15) is 0 Å². The van der Waals surface area contributed by atoms with Crippen molar-refractivity contribution < 1.29 is 4.79 Å². The quantitative estimate of drug-likeness (QED) is 0.660. The van der Waals surface area contributed by atoms with Crippen molar-refractivity contribution in [1.29, 1.82) is 0 Å². The van der Waals surface area contributed by atoms with Gasteiger partial charge in [-0.1, -0.05) is 0 Å². The molecule has 2 fully saturated rings. The first-order valence-corrected chi connectivity index (χ1v) is 5.72. The van der Waals surface area contributed by atoms with E-state index < -0.39 is 0 Å². The van der Waals surface area contributed by atoms with Crippen molar-refractivity contribution in [2.24, 2.45) is 0 Å². The van der Waals surface area contributed by atoms with Gasteiger partial charge in [-0.3, -0.25) is 9.69 Å². The van der Waals surface area contributed by atoms with Crippen molar-refractivity contribution in [2.45, 2.75) is 45.2 Å². The fraction of sp³-hybridized carbons (Fsp3) is 0.909. The maximum Gasteiger partial charge on any atom is 0.236 e. The summed E-state index contributed by atoms with van der Waals surface area (Å²) in [6, 6.07) is 1.09. The minimum Gasteiger partial charge on any atom is -0.339 e. The Hall–Kier alpha value is -0.570. The number of amides is 1.